The number of aryl methyl sites for hydroxylation is 1. The standard InChI is InChI=1S/C14H18ClNO3/c1-19-13-9(7-11(16)14(17)18)6-8-4-2-3-5-10(8)12(13)15/h6,11H,2-5,7,16H2,1H3,(H,17,18). The molecule has 0 bridgehead atoms. The Balaban J connectivity index is 2.42. The van der Waals surface area contributed by atoms with Crippen molar-refractivity contribution < 1.29 is 14.6 Å². The zero-order valence-electron chi connectivity index (χ0n) is 10.9. The van der Waals surface area contributed by atoms with Crippen LogP contribution in [0.4, 0.5) is 0 Å². The predicted octanol–water partition coefficient (Wildman–Crippen LogP) is 2.18. The first-order valence-electron chi connectivity index (χ1n) is 6.40. The van der Waals surface area contributed by atoms with Crippen molar-refractivity contribution in [2.24, 2.45) is 5.73 Å². The van der Waals surface area contributed by atoms with E-state index in [0.717, 1.165) is 36.8 Å². The van der Waals surface area contributed by atoms with Gasteiger partial charge in [0.1, 0.15) is 11.8 Å². The van der Waals surface area contributed by atoms with E-state index in [4.69, 9.17) is 27.2 Å². The third kappa shape index (κ3) is 2.85. The van der Waals surface area contributed by atoms with Crippen molar-refractivity contribution in [1.82, 2.24) is 0 Å². The zero-order chi connectivity index (χ0) is 14.0. The van der Waals surface area contributed by atoms with Gasteiger partial charge in [-0.2, -0.15) is 0 Å². The summed E-state index contributed by atoms with van der Waals surface area (Å²) in [6, 6.07) is 1.06. The van der Waals surface area contributed by atoms with Crippen molar-refractivity contribution in [1.29, 1.82) is 0 Å². The normalized spacial score (nSPS) is 15.7. The highest BCUT2D eigenvalue weighted by molar-refractivity contribution is 6.33. The first kappa shape index (κ1) is 14.2. The topological polar surface area (TPSA) is 72.5 Å². The second-order valence-electron chi connectivity index (χ2n) is 4.88. The molecule has 0 aromatic heterocycles. The molecule has 0 spiro atoms. The molecule has 0 fully saturated rings. The molecule has 104 valence electrons. The second kappa shape index (κ2) is 5.80. The number of hydrogen-bond acceptors (Lipinski definition) is 3. The Morgan fingerprint density at radius 3 is 2.84 bits per heavy atom. The summed E-state index contributed by atoms with van der Waals surface area (Å²) in [7, 11) is 1.55. The SMILES string of the molecule is COc1c(CC(N)C(=O)O)cc2c(c1Cl)CCCC2. The van der Waals surface area contributed by atoms with Crippen molar-refractivity contribution in [3.8, 4) is 5.75 Å². The van der Waals surface area contributed by atoms with Crippen molar-refractivity contribution in [2.45, 2.75) is 38.1 Å². The van der Waals surface area contributed by atoms with Crippen LogP contribution in [0.3, 0.4) is 0 Å². The maximum absolute atomic E-state index is 10.9. The van der Waals surface area contributed by atoms with Gasteiger partial charge < -0.3 is 15.6 Å². The molecule has 2 rings (SSSR count). The average Bonchev–Trinajstić information content (AvgIpc) is 2.39. The van der Waals surface area contributed by atoms with Gasteiger partial charge in [0.25, 0.3) is 0 Å². The molecule has 1 aliphatic rings. The van der Waals surface area contributed by atoms with E-state index >= 15 is 0 Å². The van der Waals surface area contributed by atoms with Crippen LogP contribution in [0, 0.1) is 0 Å². The fourth-order valence-electron chi connectivity index (χ4n) is 2.59. The van der Waals surface area contributed by atoms with Crippen molar-refractivity contribution in [3.05, 3.63) is 27.8 Å². The Morgan fingerprint density at radius 2 is 2.21 bits per heavy atom. The third-order valence-corrected chi connectivity index (χ3v) is 3.98. The van der Waals surface area contributed by atoms with Gasteiger partial charge >= 0.3 is 5.97 Å². The molecular formula is C14H18ClNO3. The van der Waals surface area contributed by atoms with Crippen LogP contribution in [-0.2, 0) is 24.1 Å². The minimum atomic E-state index is -1.02. The summed E-state index contributed by atoms with van der Waals surface area (Å²) >= 11 is 6.38. The third-order valence-electron chi connectivity index (χ3n) is 3.58. The van der Waals surface area contributed by atoms with Crippen molar-refractivity contribution >= 4 is 17.6 Å². The molecule has 1 unspecified atom stereocenters. The van der Waals surface area contributed by atoms with E-state index in [1.807, 2.05) is 6.07 Å². The van der Waals surface area contributed by atoms with Gasteiger partial charge in [0.05, 0.1) is 12.1 Å². The highest BCUT2D eigenvalue weighted by Crippen LogP contribution is 2.38. The fourth-order valence-corrected chi connectivity index (χ4v) is 3.00. The Morgan fingerprint density at radius 1 is 1.53 bits per heavy atom. The lowest BCUT2D eigenvalue weighted by atomic mass is 9.88. The van der Waals surface area contributed by atoms with Crippen LogP contribution >= 0.6 is 11.6 Å². The molecule has 1 aromatic carbocycles. The number of nitrogens with two attached hydrogens (primary N) is 1. The summed E-state index contributed by atoms with van der Waals surface area (Å²) in [6.45, 7) is 0. The molecule has 0 saturated carbocycles. The number of carbonyl (C=O) groups is 1. The monoisotopic (exact) mass is 283 g/mol. The largest absolute Gasteiger partial charge is 0.495 e. The number of rotatable bonds is 4. The van der Waals surface area contributed by atoms with E-state index in [9.17, 15) is 4.79 Å². The maximum Gasteiger partial charge on any atom is 0.320 e. The van der Waals surface area contributed by atoms with Gasteiger partial charge in [-0.25, -0.2) is 0 Å². The average molecular weight is 284 g/mol. The van der Waals surface area contributed by atoms with Gasteiger partial charge in [-0.3, -0.25) is 4.79 Å². The molecular weight excluding hydrogens is 266 g/mol. The molecule has 4 nitrogen and oxygen atoms in total. The first-order chi connectivity index (χ1) is 9.04. The Hall–Kier alpha value is -1.26. The van der Waals surface area contributed by atoms with Crippen molar-refractivity contribution in [2.75, 3.05) is 7.11 Å². The number of benzene rings is 1. The van der Waals surface area contributed by atoms with Crippen LogP contribution in [-0.4, -0.2) is 24.2 Å². The summed E-state index contributed by atoms with van der Waals surface area (Å²) < 4.78 is 5.34. The maximum atomic E-state index is 10.9. The first-order valence-corrected chi connectivity index (χ1v) is 6.78. The number of carboxylic acids is 1. The molecule has 19 heavy (non-hydrogen) atoms. The summed E-state index contributed by atoms with van der Waals surface area (Å²) in [5, 5.41) is 9.53. The Labute approximate surface area is 117 Å². The van der Waals surface area contributed by atoms with Gasteiger partial charge in [-0.1, -0.05) is 17.7 Å². The van der Waals surface area contributed by atoms with Crippen LogP contribution in [0.1, 0.15) is 29.5 Å². The molecule has 0 heterocycles. The van der Waals surface area contributed by atoms with Gasteiger partial charge in [0.15, 0.2) is 0 Å². The van der Waals surface area contributed by atoms with Crippen LogP contribution in [0.5, 0.6) is 5.75 Å². The summed E-state index contributed by atoms with van der Waals surface area (Å²) in [6.07, 6.45) is 4.43. The number of fused-ring (bicyclic) bond motifs is 1. The Kier molecular flexibility index (Phi) is 4.32. The van der Waals surface area contributed by atoms with Crippen LogP contribution in [0.15, 0.2) is 6.07 Å². The molecule has 0 saturated heterocycles. The molecule has 1 aliphatic carbocycles. The summed E-state index contributed by atoms with van der Waals surface area (Å²) in [5.41, 5.74) is 8.72. The number of hydrogen-bond donors (Lipinski definition) is 2. The molecule has 1 atom stereocenters. The molecule has 5 heteroatoms. The lowest BCUT2D eigenvalue weighted by molar-refractivity contribution is -0.138. The van der Waals surface area contributed by atoms with Crippen LogP contribution < -0.4 is 10.5 Å². The number of methoxy groups -OCH3 is 1. The Bertz CT molecular complexity index is 502. The zero-order valence-corrected chi connectivity index (χ0v) is 11.7. The van der Waals surface area contributed by atoms with Crippen LogP contribution in [0.2, 0.25) is 5.02 Å². The van der Waals surface area contributed by atoms with E-state index in [1.165, 1.54) is 5.56 Å². The molecule has 3 N–H and O–H groups in total. The smallest absolute Gasteiger partial charge is 0.320 e. The lowest BCUT2D eigenvalue weighted by Gasteiger charge is -2.22. The highest BCUT2D eigenvalue weighted by atomic mass is 35.5. The van der Waals surface area contributed by atoms with Gasteiger partial charge in [-0.05, 0) is 42.4 Å². The number of aliphatic carboxylic acids is 1. The fraction of sp³-hybridized carbons (Fsp3) is 0.500. The van der Waals surface area contributed by atoms with Crippen molar-refractivity contribution in [3.63, 3.8) is 0 Å². The molecule has 0 aliphatic heterocycles. The lowest BCUT2D eigenvalue weighted by Crippen LogP contribution is -2.32. The minimum Gasteiger partial charge on any atom is -0.495 e. The van der Waals surface area contributed by atoms with E-state index in [0.29, 0.717) is 10.8 Å². The van der Waals surface area contributed by atoms with E-state index in [-0.39, 0.29) is 6.42 Å². The van der Waals surface area contributed by atoms with E-state index in [2.05, 4.69) is 0 Å². The van der Waals surface area contributed by atoms with Crippen LogP contribution in [0.25, 0.3) is 0 Å². The molecule has 0 radical (unpaired) electrons. The predicted molar refractivity (Wildman–Crippen MR) is 74.0 cm³/mol. The van der Waals surface area contributed by atoms with Gasteiger partial charge in [0, 0.05) is 6.42 Å². The highest BCUT2D eigenvalue weighted by Gasteiger charge is 2.22. The van der Waals surface area contributed by atoms with Gasteiger partial charge in [-0.15, -0.1) is 0 Å². The molecule has 1 aromatic rings. The second-order valence-corrected chi connectivity index (χ2v) is 5.25. The number of carboxylic acid groups (broad SMARTS) is 1. The summed E-state index contributed by atoms with van der Waals surface area (Å²) in [4.78, 5) is 10.9. The van der Waals surface area contributed by atoms with E-state index < -0.39 is 12.0 Å². The van der Waals surface area contributed by atoms with Gasteiger partial charge in [0.2, 0.25) is 0 Å². The van der Waals surface area contributed by atoms with E-state index in [1.54, 1.807) is 7.11 Å². The quantitative estimate of drug-likeness (QED) is 0.888. The number of ether oxygens (including phenoxy) is 1. The number of halogens is 1. The summed E-state index contributed by atoms with van der Waals surface area (Å²) in [5.74, 6) is -0.449. The minimum absolute atomic E-state index is 0.228. The molecule has 0 amide bonds.